The Hall–Kier alpha value is -0.660. The van der Waals surface area contributed by atoms with Crippen molar-refractivity contribution in [1.29, 1.82) is 0 Å². The topological polar surface area (TPSA) is 91.3 Å². The van der Waals surface area contributed by atoms with Crippen LogP contribution in [0.1, 0.15) is 64.7 Å². The summed E-state index contributed by atoms with van der Waals surface area (Å²) >= 11 is 0. The third kappa shape index (κ3) is 17.4. The smallest absolute Gasteiger partial charge is 0.438 e. The summed E-state index contributed by atoms with van der Waals surface area (Å²) in [5.41, 5.74) is 0. The van der Waals surface area contributed by atoms with Gasteiger partial charge < -0.3 is 18.9 Å². The first-order valence-electron chi connectivity index (χ1n) is 10.3. The van der Waals surface area contributed by atoms with E-state index >= 15 is 0 Å². The summed E-state index contributed by atoms with van der Waals surface area (Å²) in [4.78, 5) is 21.2. The molecule has 0 spiro atoms. The quantitative estimate of drug-likeness (QED) is 0.158. The highest BCUT2D eigenvalue weighted by molar-refractivity contribution is 7.47. The van der Waals surface area contributed by atoms with Crippen LogP contribution in [0.3, 0.4) is 0 Å². The Balaban J connectivity index is 4.34. The van der Waals surface area contributed by atoms with Gasteiger partial charge in [0, 0.05) is 0 Å². The highest BCUT2D eigenvalue weighted by Crippen LogP contribution is 2.45. The monoisotopic (exact) mass is 426 g/mol. The van der Waals surface area contributed by atoms with E-state index in [2.05, 4.69) is 11.7 Å². The molecule has 0 saturated heterocycles. The molecule has 0 aliphatic carbocycles. The van der Waals surface area contributed by atoms with Gasteiger partial charge in [0.2, 0.25) is 0 Å². The van der Waals surface area contributed by atoms with Gasteiger partial charge in [-0.3, -0.25) is 9.05 Å². The van der Waals surface area contributed by atoms with Gasteiger partial charge >= 0.3 is 14.0 Å². The molecular weight excluding hydrogens is 385 g/mol. The molecule has 28 heavy (non-hydrogen) atoms. The van der Waals surface area contributed by atoms with Gasteiger partial charge in [-0.1, -0.05) is 58.3 Å². The van der Waals surface area contributed by atoms with Crippen LogP contribution in [0, 0.1) is 0 Å². The number of unbranched alkanes of at least 4 members (excludes halogenated alkanes) is 7. The lowest BCUT2D eigenvalue weighted by Crippen LogP contribution is -2.37. The number of carbonyl (C=O) groups is 1. The van der Waals surface area contributed by atoms with Crippen LogP contribution in [-0.4, -0.2) is 69.6 Å². The maximum absolute atomic E-state index is 12.2. The van der Waals surface area contributed by atoms with Crippen molar-refractivity contribution in [3.05, 3.63) is 0 Å². The van der Waals surface area contributed by atoms with E-state index in [1.807, 2.05) is 21.1 Å². The molecular formula is C19H41NO7P+. The van der Waals surface area contributed by atoms with Gasteiger partial charge in [-0.05, 0) is 6.42 Å². The van der Waals surface area contributed by atoms with E-state index < -0.39 is 20.1 Å². The molecule has 8 nitrogen and oxygen atoms in total. The van der Waals surface area contributed by atoms with Gasteiger partial charge in [-0.15, -0.1) is 0 Å². The first kappa shape index (κ1) is 27.3. The Kier molecular flexibility index (Phi) is 14.9. The fourth-order valence-electron chi connectivity index (χ4n) is 2.54. The Morgan fingerprint density at radius 3 is 2.14 bits per heavy atom. The summed E-state index contributed by atoms with van der Waals surface area (Å²) in [5, 5.41) is 0. The lowest BCUT2D eigenvalue weighted by Gasteiger charge is -2.25. The summed E-state index contributed by atoms with van der Waals surface area (Å²) in [6, 6.07) is 0. The van der Waals surface area contributed by atoms with E-state index in [0.717, 1.165) is 19.3 Å². The van der Waals surface area contributed by atoms with Gasteiger partial charge in [-0.2, -0.15) is 0 Å². The highest BCUT2D eigenvalue weighted by Gasteiger charge is 2.28. The van der Waals surface area contributed by atoms with Crippen molar-refractivity contribution in [2.75, 3.05) is 48.0 Å². The molecule has 0 radical (unpaired) electrons. The van der Waals surface area contributed by atoms with E-state index in [9.17, 15) is 14.3 Å². The predicted molar refractivity (Wildman–Crippen MR) is 109 cm³/mol. The van der Waals surface area contributed by atoms with Crippen molar-refractivity contribution >= 4 is 14.0 Å². The number of nitrogens with zero attached hydrogens (tertiary/aromatic N) is 1. The summed E-state index contributed by atoms with van der Waals surface area (Å²) in [6.45, 7) is 2.71. The number of methoxy groups -OCH3 is 1. The average Bonchev–Trinajstić information content (AvgIpc) is 2.59. The first-order valence-corrected chi connectivity index (χ1v) is 11.8. The lowest BCUT2D eigenvalue weighted by atomic mass is 10.1. The van der Waals surface area contributed by atoms with E-state index in [-0.39, 0.29) is 13.2 Å². The number of phosphoric ester groups is 1. The minimum absolute atomic E-state index is 0.0968. The molecule has 2 atom stereocenters. The average molecular weight is 427 g/mol. The molecule has 1 N–H and O–H groups in total. The lowest BCUT2D eigenvalue weighted by molar-refractivity contribution is -0.870. The van der Waals surface area contributed by atoms with Crippen LogP contribution in [0.25, 0.3) is 0 Å². The number of hydrogen-bond acceptors (Lipinski definition) is 6. The van der Waals surface area contributed by atoms with Gasteiger partial charge in [-0.25, -0.2) is 9.36 Å². The van der Waals surface area contributed by atoms with Crippen LogP contribution in [0.2, 0.25) is 0 Å². The molecule has 0 aromatic carbocycles. The Morgan fingerprint density at radius 2 is 1.61 bits per heavy atom. The molecule has 9 heteroatoms. The van der Waals surface area contributed by atoms with Gasteiger partial charge in [0.05, 0.1) is 28.3 Å². The number of phosphoric acid groups is 1. The third-order valence-electron chi connectivity index (χ3n) is 4.23. The van der Waals surface area contributed by atoms with Gasteiger partial charge in [0.25, 0.3) is 0 Å². The highest BCUT2D eigenvalue weighted by atomic mass is 31.2. The molecule has 0 heterocycles. The van der Waals surface area contributed by atoms with Gasteiger partial charge in [0.15, 0.2) is 0 Å². The molecule has 2 unspecified atom stereocenters. The fourth-order valence-corrected chi connectivity index (χ4v) is 3.46. The normalized spacial score (nSPS) is 15.1. The SMILES string of the molecule is CCCCCCCCCCC(COC(=O)OC)OP(=O)(O)OCC[N+](C)(C)C. The second-order valence-electron chi connectivity index (χ2n) is 8.07. The van der Waals surface area contributed by atoms with E-state index in [0.29, 0.717) is 17.4 Å². The number of ether oxygens (including phenoxy) is 2. The maximum Gasteiger partial charge on any atom is 0.508 e. The summed E-state index contributed by atoms with van der Waals surface area (Å²) in [7, 11) is 2.87. The molecule has 0 amide bonds. The number of rotatable bonds is 17. The van der Waals surface area contributed by atoms with Crippen LogP contribution in [0.15, 0.2) is 0 Å². The van der Waals surface area contributed by atoms with E-state index in [1.54, 1.807) is 0 Å². The third-order valence-corrected chi connectivity index (χ3v) is 5.31. The minimum atomic E-state index is -4.22. The predicted octanol–water partition coefficient (Wildman–Crippen LogP) is 4.51. The first-order chi connectivity index (χ1) is 13.1. The number of quaternary nitrogens is 1. The molecule has 0 aromatic rings. The molecule has 0 aromatic heterocycles. The molecule has 168 valence electrons. The largest absolute Gasteiger partial charge is 0.508 e. The number of carbonyl (C=O) groups excluding carboxylic acids is 1. The van der Waals surface area contributed by atoms with Crippen LogP contribution in [0.5, 0.6) is 0 Å². The van der Waals surface area contributed by atoms with Crippen LogP contribution in [-0.2, 0) is 23.1 Å². The maximum atomic E-state index is 12.2. The molecule has 0 aliphatic rings. The minimum Gasteiger partial charge on any atom is -0.438 e. The standard InChI is InChI=1S/C19H40NO7P/c1-6-7-8-9-10-11-12-13-14-18(17-25-19(21)24-5)27-28(22,23)26-16-15-20(2,3)4/h18H,6-17H2,1-5H3/p+1. The van der Waals surface area contributed by atoms with Crippen molar-refractivity contribution in [2.24, 2.45) is 0 Å². The van der Waals surface area contributed by atoms with Crippen LogP contribution >= 0.6 is 7.82 Å². The van der Waals surface area contributed by atoms with Gasteiger partial charge in [0.1, 0.15) is 25.9 Å². The number of likely N-dealkylation sites (N-methyl/N-ethyl adjacent to an activating group) is 1. The summed E-state index contributed by atoms with van der Waals surface area (Å²) in [5.74, 6) is 0. The van der Waals surface area contributed by atoms with Crippen molar-refractivity contribution in [3.63, 3.8) is 0 Å². The van der Waals surface area contributed by atoms with Crippen LogP contribution in [0.4, 0.5) is 4.79 Å². The molecule has 0 fully saturated rings. The van der Waals surface area contributed by atoms with Crippen molar-refractivity contribution < 1.29 is 37.3 Å². The molecule has 0 saturated carbocycles. The second kappa shape index (κ2) is 15.2. The van der Waals surface area contributed by atoms with Crippen molar-refractivity contribution in [3.8, 4) is 0 Å². The summed E-state index contributed by atoms with van der Waals surface area (Å²) < 4.78 is 32.5. The molecule has 0 aliphatic heterocycles. The van der Waals surface area contributed by atoms with E-state index in [4.69, 9.17) is 13.8 Å². The Labute approximate surface area is 170 Å². The summed E-state index contributed by atoms with van der Waals surface area (Å²) in [6.07, 6.45) is 8.11. The second-order valence-corrected chi connectivity index (χ2v) is 9.48. The van der Waals surface area contributed by atoms with Crippen LogP contribution < -0.4 is 0 Å². The Bertz CT molecular complexity index is 454. The number of hydrogen-bond donors (Lipinski definition) is 1. The van der Waals surface area contributed by atoms with Crippen molar-refractivity contribution in [2.45, 2.75) is 70.8 Å². The molecule has 0 bridgehead atoms. The zero-order valence-electron chi connectivity index (χ0n) is 18.4. The fraction of sp³-hybridized carbons (Fsp3) is 0.947. The zero-order chi connectivity index (χ0) is 21.5. The zero-order valence-corrected chi connectivity index (χ0v) is 19.2. The van der Waals surface area contributed by atoms with Crippen molar-refractivity contribution in [1.82, 2.24) is 0 Å². The van der Waals surface area contributed by atoms with E-state index in [1.165, 1.54) is 39.2 Å². The molecule has 0 rings (SSSR count). The Morgan fingerprint density at radius 1 is 1.04 bits per heavy atom.